The van der Waals surface area contributed by atoms with Crippen LogP contribution >= 0.6 is 0 Å². The molecule has 0 radical (unpaired) electrons. The summed E-state index contributed by atoms with van der Waals surface area (Å²) < 4.78 is 38.0. The summed E-state index contributed by atoms with van der Waals surface area (Å²) >= 11 is 0. The number of allylic oxidation sites excluding steroid dienone is 5. The predicted octanol–water partition coefficient (Wildman–Crippen LogP) is 9.16. The van der Waals surface area contributed by atoms with Crippen LogP contribution in [-0.4, -0.2) is 90.7 Å². The Bertz CT molecular complexity index is 2010. The molecule has 8 rings (SSSR count). The Hall–Kier alpha value is -2.50. The number of rotatable bonds is 12. The Kier molecular flexibility index (Phi) is 12.0. The van der Waals surface area contributed by atoms with Crippen LogP contribution < -0.4 is 10.1 Å². The second kappa shape index (κ2) is 16.2. The number of esters is 1. The van der Waals surface area contributed by atoms with Crippen molar-refractivity contribution in [3.05, 3.63) is 41.6 Å². The van der Waals surface area contributed by atoms with Crippen molar-refractivity contribution in [1.82, 2.24) is 25.2 Å². The highest BCUT2D eigenvalue weighted by Crippen LogP contribution is 2.76. The van der Waals surface area contributed by atoms with Gasteiger partial charge in [0.05, 0.1) is 24.2 Å². The van der Waals surface area contributed by atoms with E-state index in [-0.39, 0.29) is 45.8 Å². The Morgan fingerprint density at radius 1 is 0.951 bits per heavy atom. The lowest BCUT2D eigenvalue weighted by Gasteiger charge is -2.72. The number of sulfone groups is 1. The second-order valence-electron chi connectivity index (χ2n) is 22.6. The van der Waals surface area contributed by atoms with Gasteiger partial charge in [-0.2, -0.15) is 0 Å². The van der Waals surface area contributed by atoms with E-state index in [0.29, 0.717) is 79.5 Å². The lowest BCUT2D eigenvalue weighted by molar-refractivity contribution is -0.221. The molecule has 10 nitrogen and oxygen atoms in total. The highest BCUT2D eigenvalue weighted by molar-refractivity contribution is 7.91. The fraction of sp³-hybridized carbons (Fsp3) is 0.820. The maximum absolute atomic E-state index is 13.7. The first-order valence-electron chi connectivity index (χ1n) is 24.2. The smallest absolute Gasteiger partial charge is 0.315 e. The van der Waals surface area contributed by atoms with Crippen molar-refractivity contribution in [1.29, 1.82) is 0 Å². The normalized spacial score (nSPS) is 40.5. The Morgan fingerprint density at radius 3 is 2.38 bits per heavy atom. The van der Waals surface area contributed by atoms with Crippen molar-refractivity contribution >= 4 is 15.8 Å². The minimum atomic E-state index is -2.87. The van der Waals surface area contributed by atoms with Gasteiger partial charge < -0.3 is 19.7 Å². The van der Waals surface area contributed by atoms with Crippen molar-refractivity contribution in [2.24, 2.45) is 56.7 Å². The van der Waals surface area contributed by atoms with Gasteiger partial charge in [0, 0.05) is 31.7 Å². The average Bonchev–Trinajstić information content (AvgIpc) is 3.84. The molecule has 0 amide bonds. The summed E-state index contributed by atoms with van der Waals surface area (Å²) in [6.07, 6.45) is 20.0. The van der Waals surface area contributed by atoms with Crippen LogP contribution in [0.5, 0.6) is 5.88 Å². The molecule has 6 aliphatic carbocycles. The van der Waals surface area contributed by atoms with E-state index in [1.807, 2.05) is 20.8 Å². The van der Waals surface area contributed by atoms with E-state index < -0.39 is 15.3 Å². The molecule has 1 N–H and O–H groups in total. The van der Waals surface area contributed by atoms with Crippen molar-refractivity contribution in [2.75, 3.05) is 50.9 Å². The van der Waals surface area contributed by atoms with Crippen LogP contribution in [0.15, 0.2) is 41.6 Å². The van der Waals surface area contributed by atoms with E-state index in [1.165, 1.54) is 68.1 Å². The second-order valence-corrected chi connectivity index (χ2v) is 24.9. The van der Waals surface area contributed by atoms with Crippen LogP contribution in [0.4, 0.5) is 0 Å². The monoisotopic (exact) mass is 862 g/mol. The van der Waals surface area contributed by atoms with Gasteiger partial charge in [0.15, 0.2) is 9.84 Å². The number of nitrogens with one attached hydrogen (secondary N) is 1. The van der Waals surface area contributed by atoms with E-state index in [0.717, 1.165) is 25.9 Å². The fourth-order valence-electron chi connectivity index (χ4n) is 15.7. The van der Waals surface area contributed by atoms with Gasteiger partial charge in [0.1, 0.15) is 18.2 Å². The van der Waals surface area contributed by atoms with Gasteiger partial charge in [-0.3, -0.25) is 4.79 Å². The maximum atomic E-state index is 13.7. The Labute approximate surface area is 368 Å². The third-order valence-corrected chi connectivity index (χ3v) is 20.8. The van der Waals surface area contributed by atoms with Crippen molar-refractivity contribution in [3.63, 3.8) is 0 Å². The molecule has 0 aromatic carbocycles. The number of nitrogens with zero attached hydrogens (tertiary/aromatic N) is 4. The fourth-order valence-corrected chi connectivity index (χ4v) is 17.0. The number of carbonyl (C=O) groups excluding carboxylic acids is 1. The number of fused-ring (bicyclic) bond motifs is 7. The lowest BCUT2D eigenvalue weighted by Crippen LogP contribution is -2.68. The summed E-state index contributed by atoms with van der Waals surface area (Å²) in [6, 6.07) is 0.106. The molecule has 340 valence electrons. The Morgan fingerprint density at radius 2 is 1.70 bits per heavy atom. The summed E-state index contributed by atoms with van der Waals surface area (Å²) in [5.74, 6) is 4.09. The highest BCUT2D eigenvalue weighted by atomic mass is 32.2. The quantitative estimate of drug-likeness (QED) is 0.162. The first-order chi connectivity index (χ1) is 28.8. The highest BCUT2D eigenvalue weighted by Gasteiger charge is 2.70. The molecule has 1 saturated heterocycles. The molecule has 7 aliphatic rings. The molecule has 11 heteroatoms. The zero-order valence-electron chi connectivity index (χ0n) is 39.3. The minimum absolute atomic E-state index is 0.0223. The zero-order valence-corrected chi connectivity index (χ0v) is 40.1. The number of ether oxygens (including phenoxy) is 2. The average molecular weight is 862 g/mol. The first-order valence-corrected chi connectivity index (χ1v) is 26.0. The van der Waals surface area contributed by atoms with Gasteiger partial charge in [-0.05, 0) is 167 Å². The van der Waals surface area contributed by atoms with Gasteiger partial charge in [-0.1, -0.05) is 64.1 Å². The number of aromatic nitrogens is 3. The van der Waals surface area contributed by atoms with Gasteiger partial charge >= 0.3 is 5.97 Å². The van der Waals surface area contributed by atoms with Crippen LogP contribution in [0, 0.1) is 56.7 Å². The minimum Gasteiger partial charge on any atom is -0.475 e. The molecule has 1 aliphatic heterocycles. The van der Waals surface area contributed by atoms with Crippen molar-refractivity contribution < 1.29 is 22.7 Å². The predicted molar refractivity (Wildman–Crippen MR) is 243 cm³/mol. The van der Waals surface area contributed by atoms with Crippen LogP contribution in [0.25, 0.3) is 0 Å². The summed E-state index contributed by atoms with van der Waals surface area (Å²) in [6.45, 7) is 29.9. The van der Waals surface area contributed by atoms with Crippen molar-refractivity contribution in [3.8, 4) is 5.88 Å². The van der Waals surface area contributed by atoms with E-state index in [9.17, 15) is 13.2 Å². The molecular weight excluding hydrogens is 783 g/mol. The van der Waals surface area contributed by atoms with Crippen molar-refractivity contribution in [2.45, 2.75) is 151 Å². The molecule has 0 bridgehead atoms. The summed E-state index contributed by atoms with van der Waals surface area (Å²) in [5, 5.41) is 12.5. The van der Waals surface area contributed by atoms with Crippen LogP contribution in [0.2, 0.25) is 0 Å². The summed E-state index contributed by atoms with van der Waals surface area (Å²) in [7, 11) is -2.87. The molecule has 1 unspecified atom stereocenters. The topological polar surface area (TPSA) is 116 Å². The van der Waals surface area contributed by atoms with Gasteiger partial charge in [-0.25, -0.2) is 13.1 Å². The molecule has 61 heavy (non-hydrogen) atoms. The molecule has 1 aromatic rings. The third-order valence-electron chi connectivity index (χ3n) is 19.2. The largest absolute Gasteiger partial charge is 0.475 e. The number of hydrogen-bond donors (Lipinski definition) is 1. The van der Waals surface area contributed by atoms with Gasteiger partial charge in [-0.15, -0.1) is 5.10 Å². The first kappa shape index (κ1) is 45.1. The molecule has 1 aromatic heterocycles. The van der Waals surface area contributed by atoms with Crippen LogP contribution in [0.1, 0.15) is 145 Å². The van der Waals surface area contributed by atoms with Crippen LogP contribution in [-0.2, 0) is 19.4 Å². The third kappa shape index (κ3) is 7.42. The van der Waals surface area contributed by atoms with E-state index >= 15 is 0 Å². The van der Waals surface area contributed by atoms with Crippen LogP contribution in [0.3, 0.4) is 0 Å². The standard InChI is InChI=1S/C50H79N5O5S/c1-11-59-44(56)49(33-60-42-32-52-53-55(42)35(4)5)21-14-36(15-22-49)38-17-19-46(8)40(45(38,6)7)18-20-48(10)41(46)13-12-39-43-37(34(2)3)16-23-50(43,25-24-47(39,48)9)51-26-27-54-28-30-61(57,58)31-29-54/h14,17,32,35,37,39-41,43,51H,2,11-13,15-16,18-31,33H2,1,3-10H3/t37-,39+,40-,41+,43+,46-,47+,48+,49?,50-/m0/s1. The summed E-state index contributed by atoms with van der Waals surface area (Å²) in [4.78, 5) is 16.0. The maximum Gasteiger partial charge on any atom is 0.315 e. The SMILES string of the molecule is C=C(C)[C@@H]1CC[C@]2(NCCN3CCS(=O)(=O)CC3)CC[C@]3(C)[C@H](CC[C@@H]4[C@@]5(C)CC=C(C6=CCC(COc7cnnn7C(C)C)(C(=O)OCC)CC6)C(C)(C)[C@@H]5CC[C@]43C)[C@@H]12. The van der Waals surface area contributed by atoms with E-state index in [4.69, 9.17) is 9.47 Å². The number of hydrogen-bond acceptors (Lipinski definition) is 9. The molecule has 10 atom stereocenters. The number of carbonyl (C=O) groups is 1. The van der Waals surface area contributed by atoms with Gasteiger partial charge in [0.25, 0.3) is 0 Å². The molecule has 4 saturated carbocycles. The zero-order chi connectivity index (χ0) is 43.8. The molecule has 0 spiro atoms. The Balaban J connectivity index is 1.01. The summed E-state index contributed by atoms with van der Waals surface area (Å²) in [5.41, 5.74) is 4.46. The molecular formula is C50H79N5O5S. The van der Waals surface area contributed by atoms with E-state index in [2.05, 4.69) is 80.8 Å². The molecule has 2 heterocycles. The molecule has 5 fully saturated rings. The lowest BCUT2D eigenvalue weighted by atomic mass is 9.33. The van der Waals surface area contributed by atoms with Gasteiger partial charge in [0.2, 0.25) is 5.88 Å². The van der Waals surface area contributed by atoms with E-state index in [1.54, 1.807) is 10.9 Å².